The van der Waals surface area contributed by atoms with Crippen LogP contribution in [0.3, 0.4) is 0 Å². The summed E-state index contributed by atoms with van der Waals surface area (Å²) in [6.45, 7) is 2.03. The van der Waals surface area contributed by atoms with Crippen LogP contribution < -0.4 is 5.32 Å². The Labute approximate surface area is 201 Å². The third-order valence-electron chi connectivity index (χ3n) is 4.85. The Morgan fingerprint density at radius 3 is 2.55 bits per heavy atom. The van der Waals surface area contributed by atoms with Crippen molar-refractivity contribution in [1.29, 1.82) is 5.26 Å². The fraction of sp³-hybridized carbons (Fsp3) is 0.120. The van der Waals surface area contributed by atoms with Crippen LogP contribution in [0.25, 0.3) is 17.1 Å². The van der Waals surface area contributed by atoms with Gasteiger partial charge in [-0.3, -0.25) is 9.36 Å². The number of hydrogen-bond acceptors (Lipinski definition) is 5. The molecule has 0 saturated carbocycles. The SMILES string of the molecule is Cc1cccc(-n2c(SCC(=O)Nc3ccc(CC#N)cc3)nnc2-c2ccc(Cl)cc2)c1. The summed E-state index contributed by atoms with van der Waals surface area (Å²) in [7, 11) is 0. The van der Waals surface area contributed by atoms with Crippen molar-refractivity contribution in [2.24, 2.45) is 0 Å². The van der Waals surface area contributed by atoms with Crippen molar-refractivity contribution in [3.05, 3.63) is 88.9 Å². The van der Waals surface area contributed by atoms with Crippen LogP contribution in [-0.2, 0) is 11.2 Å². The van der Waals surface area contributed by atoms with E-state index in [2.05, 4.69) is 27.6 Å². The molecule has 4 aromatic rings. The van der Waals surface area contributed by atoms with Crippen LogP contribution >= 0.6 is 23.4 Å². The van der Waals surface area contributed by atoms with Crippen molar-refractivity contribution in [1.82, 2.24) is 14.8 Å². The van der Waals surface area contributed by atoms with Crippen LogP contribution in [0.2, 0.25) is 5.02 Å². The molecule has 0 aliphatic heterocycles. The van der Waals surface area contributed by atoms with Crippen LogP contribution in [0.4, 0.5) is 5.69 Å². The number of halogens is 1. The Morgan fingerprint density at radius 1 is 1.09 bits per heavy atom. The first-order chi connectivity index (χ1) is 16.0. The van der Waals surface area contributed by atoms with Crippen LogP contribution in [0, 0.1) is 18.3 Å². The Morgan fingerprint density at radius 2 is 1.85 bits per heavy atom. The number of anilines is 1. The van der Waals surface area contributed by atoms with Crippen LogP contribution in [-0.4, -0.2) is 26.4 Å². The zero-order valence-corrected chi connectivity index (χ0v) is 19.4. The zero-order chi connectivity index (χ0) is 23.2. The first-order valence-electron chi connectivity index (χ1n) is 10.2. The number of rotatable bonds is 7. The number of thioether (sulfide) groups is 1. The van der Waals surface area contributed by atoms with Gasteiger partial charge in [-0.2, -0.15) is 5.26 Å². The van der Waals surface area contributed by atoms with Crippen molar-refractivity contribution >= 4 is 35.0 Å². The van der Waals surface area contributed by atoms with Gasteiger partial charge in [0.25, 0.3) is 0 Å². The molecule has 8 heteroatoms. The summed E-state index contributed by atoms with van der Waals surface area (Å²) >= 11 is 7.36. The van der Waals surface area contributed by atoms with E-state index in [0.29, 0.717) is 28.1 Å². The molecular weight excluding hydrogens is 454 g/mol. The second-order valence-electron chi connectivity index (χ2n) is 7.36. The van der Waals surface area contributed by atoms with Gasteiger partial charge in [0.1, 0.15) is 0 Å². The molecule has 0 spiro atoms. The topological polar surface area (TPSA) is 83.6 Å². The maximum absolute atomic E-state index is 12.6. The average Bonchev–Trinajstić information content (AvgIpc) is 3.24. The number of hydrogen-bond donors (Lipinski definition) is 1. The number of nitriles is 1. The van der Waals surface area contributed by atoms with Gasteiger partial charge in [0, 0.05) is 22.0 Å². The number of aryl methyl sites for hydroxylation is 1. The molecule has 0 atom stereocenters. The number of aromatic nitrogens is 3. The molecular formula is C25H20ClN5OS. The molecule has 0 saturated heterocycles. The number of nitrogens with zero attached hydrogens (tertiary/aromatic N) is 4. The monoisotopic (exact) mass is 473 g/mol. The minimum atomic E-state index is -0.153. The summed E-state index contributed by atoms with van der Waals surface area (Å²) in [5.41, 5.74) is 4.50. The van der Waals surface area contributed by atoms with Gasteiger partial charge in [-0.25, -0.2) is 0 Å². The van der Waals surface area contributed by atoms with E-state index in [-0.39, 0.29) is 11.7 Å². The molecule has 0 bridgehead atoms. The highest BCUT2D eigenvalue weighted by atomic mass is 35.5. The second-order valence-corrected chi connectivity index (χ2v) is 8.74. The number of nitrogens with one attached hydrogen (secondary N) is 1. The molecule has 0 aliphatic carbocycles. The standard InChI is InChI=1S/C25H20ClN5OS/c1-17-3-2-4-22(15-17)31-24(19-7-9-20(26)10-8-19)29-30-25(31)33-16-23(32)28-21-11-5-18(6-12-21)13-14-27/h2-12,15H,13,16H2,1H3,(H,28,32). The lowest BCUT2D eigenvalue weighted by molar-refractivity contribution is -0.113. The van der Waals surface area contributed by atoms with Crippen LogP contribution in [0.1, 0.15) is 11.1 Å². The van der Waals surface area contributed by atoms with E-state index in [1.54, 1.807) is 12.1 Å². The number of amides is 1. The minimum absolute atomic E-state index is 0.153. The van der Waals surface area contributed by atoms with E-state index in [1.165, 1.54) is 11.8 Å². The van der Waals surface area contributed by atoms with Crippen molar-refractivity contribution in [3.8, 4) is 23.1 Å². The predicted molar refractivity (Wildman–Crippen MR) is 132 cm³/mol. The Balaban J connectivity index is 1.55. The molecule has 1 N–H and O–H groups in total. The van der Waals surface area contributed by atoms with E-state index >= 15 is 0 Å². The Hall–Kier alpha value is -3.60. The first kappa shape index (κ1) is 22.6. The van der Waals surface area contributed by atoms with Gasteiger partial charge in [-0.05, 0) is 66.6 Å². The van der Waals surface area contributed by atoms with Gasteiger partial charge in [-0.15, -0.1) is 10.2 Å². The summed E-state index contributed by atoms with van der Waals surface area (Å²) in [6, 6.07) is 24.8. The Kier molecular flexibility index (Phi) is 7.08. The molecule has 0 fully saturated rings. The van der Waals surface area contributed by atoms with E-state index in [4.69, 9.17) is 16.9 Å². The van der Waals surface area contributed by atoms with Crippen molar-refractivity contribution in [2.75, 3.05) is 11.1 Å². The first-order valence-corrected chi connectivity index (χ1v) is 11.6. The molecule has 3 aromatic carbocycles. The van der Waals surface area contributed by atoms with Gasteiger partial charge < -0.3 is 5.32 Å². The summed E-state index contributed by atoms with van der Waals surface area (Å²) in [6.07, 6.45) is 0.342. The van der Waals surface area contributed by atoms with Crippen LogP contribution in [0.5, 0.6) is 0 Å². The number of carbonyl (C=O) groups is 1. The quantitative estimate of drug-likeness (QED) is 0.348. The summed E-state index contributed by atoms with van der Waals surface area (Å²) in [4.78, 5) is 12.6. The van der Waals surface area contributed by atoms with E-state index in [1.807, 2.05) is 66.1 Å². The van der Waals surface area contributed by atoms with Crippen molar-refractivity contribution in [2.45, 2.75) is 18.5 Å². The lowest BCUT2D eigenvalue weighted by atomic mass is 10.1. The largest absolute Gasteiger partial charge is 0.325 e. The smallest absolute Gasteiger partial charge is 0.234 e. The molecule has 4 rings (SSSR count). The molecule has 6 nitrogen and oxygen atoms in total. The maximum atomic E-state index is 12.6. The fourth-order valence-electron chi connectivity index (χ4n) is 3.27. The summed E-state index contributed by atoms with van der Waals surface area (Å²) in [5.74, 6) is 0.693. The summed E-state index contributed by atoms with van der Waals surface area (Å²) in [5, 5.41) is 21.7. The molecule has 0 radical (unpaired) electrons. The van der Waals surface area contributed by atoms with E-state index in [9.17, 15) is 4.79 Å². The molecule has 33 heavy (non-hydrogen) atoms. The lowest BCUT2D eigenvalue weighted by Gasteiger charge is -2.11. The second kappa shape index (κ2) is 10.3. The van der Waals surface area contributed by atoms with Gasteiger partial charge in [-0.1, -0.05) is 47.6 Å². The predicted octanol–water partition coefficient (Wildman–Crippen LogP) is 5.69. The molecule has 1 amide bonds. The third-order valence-corrected chi connectivity index (χ3v) is 6.03. The van der Waals surface area contributed by atoms with Gasteiger partial charge in [0.2, 0.25) is 5.91 Å². The van der Waals surface area contributed by atoms with Gasteiger partial charge in [0.15, 0.2) is 11.0 Å². The van der Waals surface area contributed by atoms with Crippen molar-refractivity contribution < 1.29 is 4.79 Å². The lowest BCUT2D eigenvalue weighted by Crippen LogP contribution is -2.14. The molecule has 1 aromatic heterocycles. The molecule has 0 aliphatic rings. The normalized spacial score (nSPS) is 10.6. The van der Waals surface area contributed by atoms with Gasteiger partial charge >= 0.3 is 0 Å². The highest BCUT2D eigenvalue weighted by Crippen LogP contribution is 2.29. The number of benzene rings is 3. The zero-order valence-electron chi connectivity index (χ0n) is 17.8. The fourth-order valence-corrected chi connectivity index (χ4v) is 4.15. The van der Waals surface area contributed by atoms with E-state index < -0.39 is 0 Å². The minimum Gasteiger partial charge on any atom is -0.325 e. The summed E-state index contributed by atoms with van der Waals surface area (Å²) < 4.78 is 1.95. The molecule has 1 heterocycles. The number of carbonyl (C=O) groups excluding carboxylic acids is 1. The third kappa shape index (κ3) is 5.61. The molecule has 164 valence electrons. The van der Waals surface area contributed by atoms with Gasteiger partial charge in [0.05, 0.1) is 18.2 Å². The van der Waals surface area contributed by atoms with Crippen LogP contribution in [0.15, 0.2) is 78.0 Å². The van der Waals surface area contributed by atoms with E-state index in [0.717, 1.165) is 22.4 Å². The maximum Gasteiger partial charge on any atom is 0.234 e. The Bertz CT molecular complexity index is 1310. The highest BCUT2D eigenvalue weighted by Gasteiger charge is 2.17. The highest BCUT2D eigenvalue weighted by molar-refractivity contribution is 7.99. The molecule has 0 unspecified atom stereocenters. The average molecular weight is 474 g/mol. The van der Waals surface area contributed by atoms with Crippen molar-refractivity contribution in [3.63, 3.8) is 0 Å².